The van der Waals surface area contributed by atoms with Gasteiger partial charge in [-0.1, -0.05) is 13.8 Å². The fourth-order valence-corrected chi connectivity index (χ4v) is 2.30. The van der Waals surface area contributed by atoms with E-state index in [-0.39, 0.29) is 0 Å². The normalized spacial score (nSPS) is 13.4. The van der Waals surface area contributed by atoms with E-state index in [0.717, 1.165) is 37.8 Å². The smallest absolute Gasteiger partial charge is 0.231 e. The molecule has 1 aromatic heterocycles. The van der Waals surface area contributed by atoms with Crippen LogP contribution in [0.15, 0.2) is 6.07 Å². The lowest BCUT2D eigenvalue weighted by molar-refractivity contribution is 0.285. The predicted octanol–water partition coefficient (Wildman–Crippen LogP) is 3.26. The van der Waals surface area contributed by atoms with Crippen LogP contribution in [-0.4, -0.2) is 11.6 Å². The zero-order valence-corrected chi connectivity index (χ0v) is 11.2. The Morgan fingerprint density at radius 3 is 3.00 bits per heavy atom. The third-order valence-corrected chi connectivity index (χ3v) is 3.30. The number of fused-ring (bicyclic) bond motifs is 1. The molecule has 0 atom stereocenters. The quantitative estimate of drug-likeness (QED) is 0.747. The van der Waals surface area contributed by atoms with Crippen molar-refractivity contribution in [3.05, 3.63) is 22.9 Å². The van der Waals surface area contributed by atoms with Crippen molar-refractivity contribution in [3.63, 3.8) is 0 Å². The van der Waals surface area contributed by atoms with Crippen LogP contribution in [0.1, 0.15) is 49.9 Å². The van der Waals surface area contributed by atoms with Gasteiger partial charge in [-0.2, -0.15) is 5.26 Å². The molecule has 0 aliphatic heterocycles. The Hall–Kier alpha value is -1.56. The third-order valence-electron chi connectivity index (χ3n) is 3.30. The van der Waals surface area contributed by atoms with E-state index < -0.39 is 0 Å². The molecule has 0 radical (unpaired) electrons. The van der Waals surface area contributed by atoms with Gasteiger partial charge >= 0.3 is 0 Å². The van der Waals surface area contributed by atoms with E-state index in [2.05, 4.69) is 24.9 Å². The van der Waals surface area contributed by atoms with Gasteiger partial charge in [-0.15, -0.1) is 0 Å². The van der Waals surface area contributed by atoms with E-state index in [4.69, 9.17) is 10.00 Å². The number of rotatable bonds is 5. The average Bonchev–Trinajstić information content (AvgIpc) is 2.80. The number of nitriles is 1. The van der Waals surface area contributed by atoms with Crippen LogP contribution in [0.2, 0.25) is 0 Å². The largest absolute Gasteiger partial charge is 0.477 e. The zero-order chi connectivity index (χ0) is 13.0. The lowest BCUT2D eigenvalue weighted by atomic mass is 10.1. The average molecular weight is 244 g/mol. The summed E-state index contributed by atoms with van der Waals surface area (Å²) in [4.78, 5) is 4.50. The maximum Gasteiger partial charge on any atom is 0.231 e. The van der Waals surface area contributed by atoms with Gasteiger partial charge in [0.15, 0.2) is 0 Å². The van der Waals surface area contributed by atoms with Crippen LogP contribution in [-0.2, 0) is 12.8 Å². The van der Waals surface area contributed by atoms with Gasteiger partial charge in [0.1, 0.15) is 11.6 Å². The molecule has 0 unspecified atom stereocenters. The monoisotopic (exact) mass is 244 g/mol. The molecule has 0 amide bonds. The minimum atomic E-state index is 0.530. The van der Waals surface area contributed by atoms with Gasteiger partial charge in [-0.05, 0) is 49.7 Å². The molecule has 0 N–H and O–H groups in total. The van der Waals surface area contributed by atoms with E-state index in [1.807, 2.05) is 6.07 Å². The molecule has 1 aromatic rings. The Bertz CT molecular complexity index is 460. The van der Waals surface area contributed by atoms with E-state index in [9.17, 15) is 0 Å². The number of pyridine rings is 1. The summed E-state index contributed by atoms with van der Waals surface area (Å²) >= 11 is 0. The number of nitrogens with zero attached hydrogens (tertiary/aromatic N) is 2. The molecule has 3 heteroatoms. The molecular weight excluding hydrogens is 224 g/mol. The standard InChI is InChI=1S/C15H20N2O/c1-11(2)5-4-8-18-15-13(10-16)9-12-6-3-7-14(12)17-15/h9,11H,3-8H2,1-2H3. The minimum Gasteiger partial charge on any atom is -0.477 e. The molecule has 0 fully saturated rings. The first kappa shape index (κ1) is 12.9. The molecule has 96 valence electrons. The molecule has 0 spiro atoms. The molecule has 3 nitrogen and oxygen atoms in total. The summed E-state index contributed by atoms with van der Waals surface area (Å²) < 4.78 is 5.67. The third kappa shape index (κ3) is 3.01. The molecule has 1 aliphatic rings. The van der Waals surface area contributed by atoms with Crippen molar-refractivity contribution in [2.24, 2.45) is 5.92 Å². The molecule has 0 saturated carbocycles. The van der Waals surface area contributed by atoms with Crippen LogP contribution < -0.4 is 4.74 Å². The highest BCUT2D eigenvalue weighted by atomic mass is 16.5. The van der Waals surface area contributed by atoms with Crippen molar-refractivity contribution < 1.29 is 4.74 Å². The summed E-state index contributed by atoms with van der Waals surface area (Å²) in [7, 11) is 0. The fourth-order valence-electron chi connectivity index (χ4n) is 2.30. The Morgan fingerprint density at radius 1 is 1.44 bits per heavy atom. The van der Waals surface area contributed by atoms with Crippen LogP contribution in [0.5, 0.6) is 5.88 Å². The van der Waals surface area contributed by atoms with E-state index in [0.29, 0.717) is 24.0 Å². The van der Waals surface area contributed by atoms with Gasteiger partial charge in [0.05, 0.1) is 6.61 Å². The molecule has 2 rings (SSSR count). The van der Waals surface area contributed by atoms with Gasteiger partial charge in [0.25, 0.3) is 0 Å². The summed E-state index contributed by atoms with van der Waals surface area (Å²) in [6, 6.07) is 4.14. The molecule has 1 aliphatic carbocycles. The van der Waals surface area contributed by atoms with Gasteiger partial charge in [0, 0.05) is 5.69 Å². The van der Waals surface area contributed by atoms with Crippen LogP contribution >= 0.6 is 0 Å². The van der Waals surface area contributed by atoms with Gasteiger partial charge in [-0.25, -0.2) is 4.98 Å². The summed E-state index contributed by atoms with van der Waals surface area (Å²) in [5.74, 6) is 1.22. The highest BCUT2D eigenvalue weighted by Gasteiger charge is 2.17. The number of hydrogen-bond acceptors (Lipinski definition) is 3. The molecule has 18 heavy (non-hydrogen) atoms. The van der Waals surface area contributed by atoms with Crippen molar-refractivity contribution in [3.8, 4) is 11.9 Å². The number of aryl methyl sites for hydroxylation is 2. The second kappa shape index (κ2) is 5.86. The molecule has 0 aromatic carbocycles. The molecule has 0 saturated heterocycles. The summed E-state index contributed by atoms with van der Waals surface area (Å²) in [5, 5.41) is 9.12. The lowest BCUT2D eigenvalue weighted by Gasteiger charge is -2.09. The van der Waals surface area contributed by atoms with Crippen molar-refractivity contribution in [2.75, 3.05) is 6.61 Å². The van der Waals surface area contributed by atoms with Gasteiger partial charge < -0.3 is 4.74 Å². The second-order valence-corrected chi connectivity index (χ2v) is 5.30. The maximum atomic E-state index is 9.12. The van der Waals surface area contributed by atoms with E-state index in [1.165, 1.54) is 5.56 Å². The SMILES string of the molecule is CC(C)CCCOc1nc2c(cc1C#N)CCC2. The Balaban J connectivity index is 2.01. The first-order valence-corrected chi connectivity index (χ1v) is 6.76. The summed E-state index contributed by atoms with van der Waals surface area (Å²) in [5.41, 5.74) is 2.93. The van der Waals surface area contributed by atoms with Gasteiger partial charge in [-0.3, -0.25) is 0 Å². The number of aromatic nitrogens is 1. The van der Waals surface area contributed by atoms with Crippen molar-refractivity contribution in [1.82, 2.24) is 4.98 Å². The number of hydrogen-bond donors (Lipinski definition) is 0. The first-order chi connectivity index (χ1) is 8.70. The summed E-state index contributed by atoms with van der Waals surface area (Å²) in [6.07, 6.45) is 5.37. The topological polar surface area (TPSA) is 45.9 Å². The van der Waals surface area contributed by atoms with E-state index >= 15 is 0 Å². The van der Waals surface area contributed by atoms with Crippen LogP contribution in [0, 0.1) is 17.2 Å². The van der Waals surface area contributed by atoms with Crippen molar-refractivity contribution in [1.29, 1.82) is 5.26 Å². The predicted molar refractivity (Wildman–Crippen MR) is 70.5 cm³/mol. The highest BCUT2D eigenvalue weighted by molar-refractivity contribution is 5.44. The highest BCUT2D eigenvalue weighted by Crippen LogP contribution is 2.26. The fraction of sp³-hybridized carbons (Fsp3) is 0.600. The van der Waals surface area contributed by atoms with Crippen molar-refractivity contribution in [2.45, 2.75) is 46.0 Å². The van der Waals surface area contributed by atoms with Crippen LogP contribution in [0.4, 0.5) is 0 Å². The van der Waals surface area contributed by atoms with Crippen molar-refractivity contribution >= 4 is 0 Å². The Kier molecular flexibility index (Phi) is 4.19. The maximum absolute atomic E-state index is 9.12. The number of ether oxygens (including phenoxy) is 1. The van der Waals surface area contributed by atoms with E-state index in [1.54, 1.807) is 0 Å². The minimum absolute atomic E-state index is 0.530. The second-order valence-electron chi connectivity index (χ2n) is 5.30. The molecule has 0 bridgehead atoms. The molecular formula is C15H20N2O. The Labute approximate surface area is 109 Å². The zero-order valence-electron chi connectivity index (χ0n) is 11.2. The summed E-state index contributed by atoms with van der Waals surface area (Å²) in [6.45, 7) is 5.06. The van der Waals surface area contributed by atoms with Gasteiger partial charge in [0.2, 0.25) is 5.88 Å². The van der Waals surface area contributed by atoms with Crippen LogP contribution in [0.3, 0.4) is 0 Å². The Morgan fingerprint density at radius 2 is 2.28 bits per heavy atom. The first-order valence-electron chi connectivity index (χ1n) is 6.76. The lowest BCUT2D eigenvalue weighted by Crippen LogP contribution is -2.04. The molecule has 1 heterocycles. The van der Waals surface area contributed by atoms with Crippen LogP contribution in [0.25, 0.3) is 0 Å².